The largest absolute Gasteiger partial charge is 0.481 e. The molecule has 14 nitrogen and oxygen atoms in total. The molecule has 8 N–H and O–H groups in total. The summed E-state index contributed by atoms with van der Waals surface area (Å²) in [7, 11) is -7.52. The standard InChI is InChI=1S/2C26H38O2Si.C26H36O2Si.C10H16O4.2C10H20O2/c3*1-24(2,3)29(22-13-9-7-10-14-22,23-15-11-8-12-16-23)28-19-21-17-18-26(6,20-27)25(21,4)5;1-9(2)6(7(11)12)4-5-10(9,3)8(13)14;2*1-9(2)8(6-11)4-5-10(9,3)7-12/h2*7-16,21,27H,17-20H2,1-6H3;7-16,20-21H,17-19H2,1-6H3;6H,4-5H2,1-3H3,(H,11,12)(H,13,14);2*8,11-12H,4-7H2,1-3H3/t3*21-,26+;6?,10-;2*8-,10+/m000100/s1. The molecule has 0 saturated heterocycles. The third kappa shape index (κ3) is 20.6. The normalized spacial score (nSPS) is 28.8. The lowest BCUT2D eigenvalue weighted by Crippen LogP contribution is -2.67. The van der Waals surface area contributed by atoms with Gasteiger partial charge in [0, 0.05) is 64.9 Å². The van der Waals surface area contributed by atoms with Crippen LogP contribution in [-0.2, 0) is 27.7 Å². The van der Waals surface area contributed by atoms with E-state index in [-0.39, 0.29) is 109 Å². The first-order chi connectivity index (χ1) is 57.9. The zero-order chi connectivity index (χ0) is 94.0. The number of aldehydes is 1. The Morgan fingerprint density at radius 1 is 0.320 bits per heavy atom. The van der Waals surface area contributed by atoms with E-state index in [1.807, 2.05) is 0 Å². The van der Waals surface area contributed by atoms with Crippen molar-refractivity contribution < 1.29 is 68.5 Å². The number of benzene rings is 6. The molecule has 1 unspecified atom stereocenters. The third-order valence-corrected chi connectivity index (χ3v) is 50.8. The number of aliphatic hydroxyl groups is 6. The van der Waals surface area contributed by atoms with Gasteiger partial charge in [0.05, 0.1) is 11.3 Å². The predicted octanol–water partition coefficient (Wildman–Crippen LogP) is 19.6. The molecule has 0 radical (unpaired) electrons. The third-order valence-electron chi connectivity index (χ3n) is 35.8. The van der Waals surface area contributed by atoms with E-state index in [1.165, 1.54) is 37.4 Å². The van der Waals surface area contributed by atoms with E-state index in [4.69, 9.17) is 33.7 Å². The van der Waals surface area contributed by atoms with Gasteiger partial charge in [-0.2, -0.15) is 0 Å². The number of rotatable bonds is 24. The number of hydrogen-bond donors (Lipinski definition) is 8. The second kappa shape index (κ2) is 40.9. The highest BCUT2D eigenvalue weighted by Gasteiger charge is 2.62. The summed E-state index contributed by atoms with van der Waals surface area (Å²) in [6.07, 6.45) is 12.5. The molecule has 12 rings (SSSR count). The summed E-state index contributed by atoms with van der Waals surface area (Å²) in [4.78, 5) is 33.9. The first-order valence-corrected chi connectivity index (χ1v) is 52.5. The van der Waals surface area contributed by atoms with E-state index in [2.05, 4.69) is 348 Å². The lowest BCUT2D eigenvalue weighted by molar-refractivity contribution is -0.157. The van der Waals surface area contributed by atoms with Crippen molar-refractivity contribution in [2.45, 2.75) is 279 Å². The molecule has 6 aromatic rings. The van der Waals surface area contributed by atoms with E-state index in [1.54, 1.807) is 20.8 Å². The van der Waals surface area contributed by atoms with Crippen LogP contribution in [0.1, 0.15) is 264 Å². The molecule has 12 atom stereocenters. The highest BCUT2D eigenvalue weighted by Crippen LogP contribution is 2.61. The van der Waals surface area contributed by atoms with Crippen molar-refractivity contribution in [2.24, 2.45) is 100 Å². The highest BCUT2D eigenvalue weighted by molar-refractivity contribution is 7.00. The molecule has 0 spiro atoms. The van der Waals surface area contributed by atoms with Crippen molar-refractivity contribution in [2.75, 3.05) is 59.5 Å². The van der Waals surface area contributed by atoms with Gasteiger partial charge >= 0.3 is 11.9 Å². The maximum atomic E-state index is 11.9. The first kappa shape index (κ1) is 106. The van der Waals surface area contributed by atoms with Crippen LogP contribution in [0.4, 0.5) is 0 Å². The predicted molar refractivity (Wildman–Crippen MR) is 522 cm³/mol. The van der Waals surface area contributed by atoms with Gasteiger partial charge in [0.25, 0.3) is 25.0 Å². The maximum Gasteiger partial charge on any atom is 0.309 e. The molecule has 6 fully saturated rings. The Hall–Kier alpha value is -5.78. The van der Waals surface area contributed by atoms with Crippen molar-refractivity contribution in [1.82, 2.24) is 0 Å². The number of hydrogen-bond acceptors (Lipinski definition) is 12. The second-order valence-electron chi connectivity index (χ2n) is 46.3. The van der Waals surface area contributed by atoms with Crippen LogP contribution in [0.25, 0.3) is 0 Å². The van der Waals surface area contributed by atoms with Crippen LogP contribution in [0.5, 0.6) is 0 Å². The summed E-state index contributed by atoms with van der Waals surface area (Å²) in [5.74, 6) is -0.360. The van der Waals surface area contributed by atoms with Gasteiger partial charge in [-0.25, -0.2) is 0 Å². The average molecular weight is 1770 g/mol. The van der Waals surface area contributed by atoms with E-state index in [0.29, 0.717) is 49.0 Å². The van der Waals surface area contributed by atoms with Gasteiger partial charge in [-0.3, -0.25) is 9.59 Å². The van der Waals surface area contributed by atoms with Crippen molar-refractivity contribution in [1.29, 1.82) is 0 Å². The lowest BCUT2D eigenvalue weighted by atomic mass is 9.66. The highest BCUT2D eigenvalue weighted by atomic mass is 28.4. The van der Waals surface area contributed by atoms with E-state index in [0.717, 1.165) is 77.4 Å². The molecule has 0 heterocycles. The molecule has 696 valence electrons. The SMILES string of the molecule is CC1(C)C(C(=O)O)CC[C@]1(C)C(=O)O.CC1(C)[C@H](CO)CC[C@]1(C)CO.CC1(C)[C@H](CO)CC[C@]1(C)CO.CC1(C)[C@H](CO[Si](c2ccccc2)(c2ccccc2)C(C)(C)C)CC[C@]1(C)C=O.CC1(C)[C@H](CO[Si](c2ccccc2)(c2ccccc2)C(C)(C)C)CC[C@]1(C)CO.CC1(C)[C@H](CO[Si](c2ccccc2)(c2ccccc2)C(C)(C)C)CC[C@]1(C)CO. The average Bonchev–Trinajstić information content (AvgIpc) is 1.59. The molecule has 6 aliphatic rings. The van der Waals surface area contributed by atoms with Gasteiger partial charge in [-0.1, -0.05) is 362 Å². The van der Waals surface area contributed by atoms with Crippen molar-refractivity contribution in [3.63, 3.8) is 0 Å². The molecule has 125 heavy (non-hydrogen) atoms. The summed E-state index contributed by atoms with van der Waals surface area (Å²) in [6.45, 7) is 62.8. The molecular weight excluding hydrogens is 1610 g/mol. The van der Waals surface area contributed by atoms with Gasteiger partial charge < -0.3 is 58.9 Å². The van der Waals surface area contributed by atoms with Crippen LogP contribution in [0, 0.1) is 100 Å². The van der Waals surface area contributed by atoms with E-state index in [9.17, 15) is 34.8 Å². The maximum absolute atomic E-state index is 11.9. The quantitative estimate of drug-likeness (QED) is 0.0208. The summed E-state index contributed by atoms with van der Waals surface area (Å²) < 4.78 is 21.5. The van der Waals surface area contributed by atoms with Crippen LogP contribution < -0.4 is 31.1 Å². The molecule has 0 aromatic heterocycles. The van der Waals surface area contributed by atoms with Gasteiger partial charge in [-0.05, 0) is 214 Å². The minimum absolute atomic E-state index is 0.000394. The van der Waals surface area contributed by atoms with Crippen molar-refractivity contribution in [3.05, 3.63) is 182 Å². The number of aliphatic hydroxyl groups excluding tert-OH is 6. The van der Waals surface area contributed by atoms with Crippen LogP contribution in [0.15, 0.2) is 182 Å². The number of carboxylic acid groups (broad SMARTS) is 2. The molecule has 6 aliphatic carbocycles. The molecule has 6 saturated carbocycles. The fourth-order valence-electron chi connectivity index (χ4n) is 22.4. The number of carbonyl (C=O) groups excluding carboxylic acids is 1. The Morgan fingerprint density at radius 3 is 0.696 bits per heavy atom. The zero-order valence-electron chi connectivity index (χ0n) is 82.2. The van der Waals surface area contributed by atoms with Gasteiger partial charge in [0.2, 0.25) is 0 Å². The second-order valence-corrected chi connectivity index (χ2v) is 59.2. The van der Waals surface area contributed by atoms with Crippen molar-refractivity contribution >= 4 is 74.3 Å². The number of aliphatic carboxylic acids is 2. The van der Waals surface area contributed by atoms with Gasteiger partial charge in [-0.15, -0.1) is 0 Å². The van der Waals surface area contributed by atoms with Crippen LogP contribution in [0.2, 0.25) is 15.1 Å². The molecule has 0 bridgehead atoms. The minimum Gasteiger partial charge on any atom is -0.481 e. The van der Waals surface area contributed by atoms with Crippen LogP contribution >= 0.6 is 0 Å². The fourth-order valence-corrected chi connectivity index (χ4v) is 36.3. The smallest absolute Gasteiger partial charge is 0.309 e. The van der Waals surface area contributed by atoms with E-state index >= 15 is 0 Å². The lowest BCUT2D eigenvalue weighted by Gasteiger charge is -2.46. The first-order valence-electron chi connectivity index (χ1n) is 46.8. The van der Waals surface area contributed by atoms with Crippen LogP contribution in [0.3, 0.4) is 0 Å². The molecule has 0 amide bonds. The minimum atomic E-state index is -2.52. The van der Waals surface area contributed by atoms with Gasteiger partial charge in [0.15, 0.2) is 0 Å². The monoisotopic (exact) mass is 1770 g/mol. The Labute approximate surface area is 759 Å². The van der Waals surface area contributed by atoms with Crippen molar-refractivity contribution in [3.8, 4) is 0 Å². The summed E-state index contributed by atoms with van der Waals surface area (Å²) in [5, 5.41) is 83.0. The number of carbonyl (C=O) groups is 3. The van der Waals surface area contributed by atoms with E-state index < -0.39 is 53.6 Å². The Kier molecular flexibility index (Phi) is 34.8. The summed E-state index contributed by atoms with van der Waals surface area (Å²) in [6, 6.07) is 65.0. The fraction of sp³-hybridized carbons (Fsp3) is 0.639. The summed E-state index contributed by atoms with van der Waals surface area (Å²) >= 11 is 0. The topological polar surface area (TPSA) is 241 Å². The molecule has 6 aromatic carbocycles. The van der Waals surface area contributed by atoms with Crippen LogP contribution in [-0.4, -0.2) is 143 Å². The summed E-state index contributed by atoms with van der Waals surface area (Å²) in [5.41, 5.74) is -1.79. The Morgan fingerprint density at radius 2 is 0.536 bits per heavy atom. The Balaban J connectivity index is 0.000000214. The molecule has 0 aliphatic heterocycles. The Bertz CT molecular complexity index is 4050. The zero-order valence-corrected chi connectivity index (χ0v) is 85.2. The van der Waals surface area contributed by atoms with Gasteiger partial charge in [0.1, 0.15) is 6.29 Å². The molecule has 17 heteroatoms. The molecular formula is C108H168O14Si3. The number of carboxylic acids is 2.